The fourth-order valence-electron chi connectivity index (χ4n) is 4.21. The predicted molar refractivity (Wildman–Crippen MR) is 105 cm³/mol. The zero-order valence-corrected chi connectivity index (χ0v) is 16.0. The van der Waals surface area contributed by atoms with Gasteiger partial charge in [-0.15, -0.1) is 0 Å². The van der Waals surface area contributed by atoms with Crippen LogP contribution in [0.25, 0.3) is 10.9 Å². The third-order valence-electron chi connectivity index (χ3n) is 5.97. The number of likely N-dealkylation sites (tertiary alicyclic amines) is 2. The molecule has 0 aliphatic carbocycles. The highest BCUT2D eigenvalue weighted by Crippen LogP contribution is 2.24. The summed E-state index contributed by atoms with van der Waals surface area (Å²) in [6.07, 6.45) is 4.62. The van der Waals surface area contributed by atoms with Crippen LogP contribution in [0.4, 0.5) is 0 Å². The number of carbonyl (C=O) groups excluding carboxylic acids is 1. The Bertz CT molecular complexity index is 795. The molecule has 1 amide bonds. The highest BCUT2D eigenvalue weighted by Gasteiger charge is 2.23. The molecule has 2 saturated heterocycles. The number of aliphatic hydroxyl groups excluding tert-OH is 1. The molecule has 4 rings (SSSR count). The van der Waals surface area contributed by atoms with Gasteiger partial charge >= 0.3 is 0 Å². The lowest BCUT2D eigenvalue weighted by Gasteiger charge is -2.29. The fourth-order valence-corrected chi connectivity index (χ4v) is 4.21. The number of piperidine rings is 1. The molecule has 6 heteroatoms. The fraction of sp³-hybridized carbons (Fsp3) is 0.571. The Morgan fingerprint density at radius 1 is 1.22 bits per heavy atom. The van der Waals surface area contributed by atoms with Gasteiger partial charge in [0.25, 0.3) is 5.91 Å². The summed E-state index contributed by atoms with van der Waals surface area (Å²) in [4.78, 5) is 20.1. The number of hydrogen-bond donors (Lipinski definition) is 2. The van der Waals surface area contributed by atoms with Crippen molar-refractivity contribution in [3.63, 3.8) is 0 Å². The molecule has 1 atom stereocenters. The molecule has 1 aromatic heterocycles. The van der Waals surface area contributed by atoms with Crippen molar-refractivity contribution >= 4 is 16.8 Å². The first-order valence-electron chi connectivity index (χ1n) is 10.0. The van der Waals surface area contributed by atoms with Gasteiger partial charge in [0.1, 0.15) is 11.4 Å². The number of amides is 1. The number of aromatic amines is 1. The van der Waals surface area contributed by atoms with Gasteiger partial charge in [0, 0.05) is 30.0 Å². The maximum absolute atomic E-state index is 12.7. The van der Waals surface area contributed by atoms with Gasteiger partial charge in [-0.2, -0.15) is 0 Å². The minimum Gasteiger partial charge on any atom is -0.494 e. The lowest BCUT2D eigenvalue weighted by Crippen LogP contribution is -2.40. The quantitative estimate of drug-likeness (QED) is 0.848. The van der Waals surface area contributed by atoms with E-state index in [4.69, 9.17) is 4.74 Å². The Labute approximate surface area is 160 Å². The van der Waals surface area contributed by atoms with Gasteiger partial charge in [-0.1, -0.05) is 0 Å². The van der Waals surface area contributed by atoms with Crippen molar-refractivity contribution in [3.8, 4) is 5.75 Å². The van der Waals surface area contributed by atoms with Gasteiger partial charge in [-0.25, -0.2) is 0 Å². The molecule has 0 saturated carbocycles. The van der Waals surface area contributed by atoms with E-state index < -0.39 is 0 Å². The lowest BCUT2D eigenvalue weighted by atomic mass is 10.1. The summed E-state index contributed by atoms with van der Waals surface area (Å²) >= 11 is 0. The topological polar surface area (TPSA) is 68.8 Å². The van der Waals surface area contributed by atoms with E-state index >= 15 is 0 Å². The number of fused-ring (bicyclic) bond motifs is 1. The van der Waals surface area contributed by atoms with E-state index in [1.807, 2.05) is 29.2 Å². The van der Waals surface area contributed by atoms with Gasteiger partial charge in [0.2, 0.25) is 0 Å². The molecule has 2 fully saturated rings. The number of nitrogens with one attached hydrogen (secondary N) is 1. The summed E-state index contributed by atoms with van der Waals surface area (Å²) in [5, 5.41) is 10.6. The summed E-state index contributed by atoms with van der Waals surface area (Å²) in [6.45, 7) is 3.12. The van der Waals surface area contributed by atoms with Crippen molar-refractivity contribution in [1.82, 2.24) is 14.8 Å². The number of H-pyrrole nitrogens is 1. The SMILES string of the molecule is CN1CCCC1CCOc1ccc2[nH]c(C(=O)N3CCC(O)CC3)cc2c1. The molecular formula is C21H29N3O3. The molecule has 3 heterocycles. The molecule has 2 aromatic rings. The molecule has 2 N–H and O–H groups in total. The zero-order chi connectivity index (χ0) is 18.8. The van der Waals surface area contributed by atoms with Gasteiger partial charge in [-0.05, 0) is 70.0 Å². The highest BCUT2D eigenvalue weighted by atomic mass is 16.5. The lowest BCUT2D eigenvalue weighted by molar-refractivity contribution is 0.0542. The summed E-state index contributed by atoms with van der Waals surface area (Å²) in [6, 6.07) is 8.47. The molecule has 27 heavy (non-hydrogen) atoms. The van der Waals surface area contributed by atoms with Crippen LogP contribution < -0.4 is 4.74 Å². The molecule has 2 aliphatic heterocycles. The Morgan fingerprint density at radius 3 is 2.78 bits per heavy atom. The smallest absolute Gasteiger partial charge is 0.270 e. The maximum Gasteiger partial charge on any atom is 0.270 e. The first kappa shape index (κ1) is 18.3. The van der Waals surface area contributed by atoms with E-state index in [-0.39, 0.29) is 12.0 Å². The Morgan fingerprint density at radius 2 is 2.04 bits per heavy atom. The number of aliphatic hydroxyl groups is 1. The third kappa shape index (κ3) is 4.12. The standard InChI is InChI=1S/C21H29N3O3/c1-23-9-2-3-16(23)8-12-27-18-4-5-19-15(13-18)14-20(22-19)21(26)24-10-6-17(25)7-11-24/h4-5,13-14,16-17,22,25H,2-3,6-12H2,1H3. The van der Waals surface area contributed by atoms with E-state index in [1.54, 1.807) is 0 Å². The van der Waals surface area contributed by atoms with Crippen molar-refractivity contribution in [2.45, 2.75) is 44.2 Å². The first-order chi connectivity index (χ1) is 13.1. The van der Waals surface area contributed by atoms with Crippen molar-refractivity contribution in [2.24, 2.45) is 0 Å². The second kappa shape index (κ2) is 7.90. The molecule has 146 valence electrons. The second-order valence-electron chi connectivity index (χ2n) is 7.87. The van der Waals surface area contributed by atoms with Crippen LogP contribution in [0.2, 0.25) is 0 Å². The maximum atomic E-state index is 12.7. The van der Waals surface area contributed by atoms with Crippen molar-refractivity contribution in [3.05, 3.63) is 30.0 Å². The van der Waals surface area contributed by atoms with Gasteiger partial charge in [0.15, 0.2) is 0 Å². The van der Waals surface area contributed by atoms with E-state index in [2.05, 4.69) is 16.9 Å². The average Bonchev–Trinajstić information content (AvgIpc) is 3.27. The molecule has 1 unspecified atom stereocenters. The second-order valence-corrected chi connectivity index (χ2v) is 7.87. The number of nitrogens with zero attached hydrogens (tertiary/aromatic N) is 2. The van der Waals surface area contributed by atoms with Crippen molar-refractivity contribution in [2.75, 3.05) is 33.3 Å². The highest BCUT2D eigenvalue weighted by molar-refractivity contribution is 5.98. The Hall–Kier alpha value is -2.05. The van der Waals surface area contributed by atoms with E-state index in [0.29, 0.717) is 44.3 Å². The first-order valence-corrected chi connectivity index (χ1v) is 10.0. The van der Waals surface area contributed by atoms with Crippen LogP contribution in [0.5, 0.6) is 5.75 Å². The van der Waals surface area contributed by atoms with Crippen LogP contribution in [0.15, 0.2) is 24.3 Å². The number of carbonyl (C=O) groups is 1. The molecule has 2 aliphatic rings. The predicted octanol–water partition coefficient (Wildman–Crippen LogP) is 2.63. The van der Waals surface area contributed by atoms with Gasteiger partial charge < -0.3 is 24.6 Å². The number of benzene rings is 1. The molecule has 0 spiro atoms. The number of hydrogen-bond acceptors (Lipinski definition) is 4. The average molecular weight is 371 g/mol. The third-order valence-corrected chi connectivity index (χ3v) is 5.97. The van der Waals surface area contributed by atoms with E-state index in [0.717, 1.165) is 23.1 Å². The molecular weight excluding hydrogens is 342 g/mol. The molecule has 6 nitrogen and oxygen atoms in total. The minimum absolute atomic E-state index is 0.00448. The summed E-state index contributed by atoms with van der Waals surface area (Å²) in [5.74, 6) is 0.854. The normalized spacial score (nSPS) is 21.9. The van der Waals surface area contributed by atoms with Crippen LogP contribution in [-0.4, -0.2) is 71.2 Å². The Balaban J connectivity index is 1.38. The van der Waals surface area contributed by atoms with Gasteiger partial charge in [-0.3, -0.25) is 4.79 Å². The number of aromatic nitrogens is 1. The largest absolute Gasteiger partial charge is 0.494 e. The molecule has 0 bridgehead atoms. The van der Waals surface area contributed by atoms with Crippen LogP contribution in [0, 0.1) is 0 Å². The van der Waals surface area contributed by atoms with Crippen molar-refractivity contribution < 1.29 is 14.6 Å². The zero-order valence-electron chi connectivity index (χ0n) is 16.0. The number of ether oxygens (including phenoxy) is 1. The summed E-state index contributed by atoms with van der Waals surface area (Å²) in [5.41, 5.74) is 1.55. The van der Waals surface area contributed by atoms with Gasteiger partial charge in [0.05, 0.1) is 12.7 Å². The van der Waals surface area contributed by atoms with Crippen LogP contribution in [0.1, 0.15) is 42.6 Å². The van der Waals surface area contributed by atoms with Crippen LogP contribution in [0.3, 0.4) is 0 Å². The summed E-state index contributed by atoms with van der Waals surface area (Å²) < 4.78 is 5.96. The Kier molecular flexibility index (Phi) is 5.36. The van der Waals surface area contributed by atoms with E-state index in [9.17, 15) is 9.90 Å². The van der Waals surface area contributed by atoms with Crippen LogP contribution in [-0.2, 0) is 0 Å². The molecule has 1 aromatic carbocycles. The summed E-state index contributed by atoms with van der Waals surface area (Å²) in [7, 11) is 2.19. The van der Waals surface area contributed by atoms with E-state index in [1.165, 1.54) is 19.4 Å². The van der Waals surface area contributed by atoms with Crippen molar-refractivity contribution in [1.29, 1.82) is 0 Å². The van der Waals surface area contributed by atoms with Crippen LogP contribution >= 0.6 is 0 Å². The monoisotopic (exact) mass is 371 g/mol. The number of rotatable bonds is 5. The molecule has 0 radical (unpaired) electrons. The minimum atomic E-state index is -0.277.